The van der Waals surface area contributed by atoms with Gasteiger partial charge in [0.15, 0.2) is 5.75 Å². The molecule has 0 N–H and O–H groups in total. The molecule has 8 nitrogen and oxygen atoms in total. The summed E-state index contributed by atoms with van der Waals surface area (Å²) in [6, 6.07) is 12.1. The highest BCUT2D eigenvalue weighted by atomic mass is 35.5. The Kier molecular flexibility index (Phi) is 6.53. The first-order chi connectivity index (χ1) is 16.7. The Labute approximate surface area is 202 Å². The average molecular weight is 478 g/mol. The predicted octanol–water partition coefficient (Wildman–Crippen LogP) is 4.32. The lowest BCUT2D eigenvalue weighted by Gasteiger charge is -2.29. The molecule has 1 aliphatic heterocycles. The molecule has 1 atom stereocenters. The van der Waals surface area contributed by atoms with Gasteiger partial charge in [-0.1, -0.05) is 17.7 Å². The van der Waals surface area contributed by atoms with Crippen molar-refractivity contribution in [1.29, 1.82) is 0 Å². The van der Waals surface area contributed by atoms with Crippen molar-refractivity contribution in [2.45, 2.75) is 6.10 Å². The standard InChI is InChI=1S/C25H24ClN5O3/c1-32-22-13-27-14-29-24(22)25(33-2)19-11-16(3-6-20(19)26)23-18-5-4-17(12-21(18)28-15-30-23)31-7-9-34-10-8-31/h3-6,11-15,25H,7-10H2,1-2H3. The Morgan fingerprint density at radius 2 is 1.85 bits per heavy atom. The number of benzene rings is 2. The van der Waals surface area contributed by atoms with Crippen LogP contribution in [0.25, 0.3) is 22.2 Å². The van der Waals surface area contributed by atoms with E-state index < -0.39 is 6.10 Å². The molecule has 9 heteroatoms. The van der Waals surface area contributed by atoms with E-state index in [2.05, 4.69) is 43.0 Å². The summed E-state index contributed by atoms with van der Waals surface area (Å²) in [6.45, 7) is 3.21. The monoisotopic (exact) mass is 477 g/mol. The average Bonchev–Trinajstić information content (AvgIpc) is 2.90. The highest BCUT2D eigenvalue weighted by Gasteiger charge is 2.23. The first-order valence-electron chi connectivity index (χ1n) is 10.9. The Morgan fingerprint density at radius 3 is 2.65 bits per heavy atom. The molecule has 5 rings (SSSR count). The number of ether oxygens (including phenoxy) is 3. The van der Waals surface area contributed by atoms with Crippen LogP contribution in [-0.2, 0) is 9.47 Å². The van der Waals surface area contributed by atoms with Gasteiger partial charge in [-0.2, -0.15) is 0 Å². The normalized spacial score (nSPS) is 14.9. The van der Waals surface area contributed by atoms with Crippen molar-refractivity contribution in [3.05, 3.63) is 71.5 Å². The van der Waals surface area contributed by atoms with E-state index in [-0.39, 0.29) is 0 Å². The SMILES string of the molecule is COc1cncnc1C(OC)c1cc(-c2ncnc3cc(N4CCOCC4)ccc23)ccc1Cl. The molecule has 34 heavy (non-hydrogen) atoms. The number of nitrogens with zero attached hydrogens (tertiary/aromatic N) is 5. The zero-order chi connectivity index (χ0) is 23.5. The number of hydrogen-bond acceptors (Lipinski definition) is 8. The van der Waals surface area contributed by atoms with Crippen molar-refractivity contribution in [3.63, 3.8) is 0 Å². The molecular formula is C25H24ClN5O3. The van der Waals surface area contributed by atoms with Gasteiger partial charge in [0.1, 0.15) is 24.5 Å². The molecule has 0 radical (unpaired) electrons. The van der Waals surface area contributed by atoms with Crippen LogP contribution in [0.4, 0.5) is 5.69 Å². The topological polar surface area (TPSA) is 82.5 Å². The van der Waals surface area contributed by atoms with Crippen molar-refractivity contribution < 1.29 is 14.2 Å². The summed E-state index contributed by atoms with van der Waals surface area (Å²) >= 11 is 6.61. The first kappa shape index (κ1) is 22.5. The lowest BCUT2D eigenvalue weighted by molar-refractivity contribution is 0.122. The molecule has 174 valence electrons. The van der Waals surface area contributed by atoms with Crippen LogP contribution in [0.1, 0.15) is 17.4 Å². The third-order valence-electron chi connectivity index (χ3n) is 5.96. The van der Waals surface area contributed by atoms with Gasteiger partial charge in [-0.15, -0.1) is 0 Å². The van der Waals surface area contributed by atoms with Crippen LogP contribution in [0.5, 0.6) is 5.75 Å². The minimum absolute atomic E-state index is 0.527. The summed E-state index contributed by atoms with van der Waals surface area (Å²) in [7, 11) is 3.19. The van der Waals surface area contributed by atoms with Crippen molar-refractivity contribution in [2.24, 2.45) is 0 Å². The summed E-state index contributed by atoms with van der Waals surface area (Å²) in [5.74, 6) is 0.527. The number of morpholine rings is 1. The number of methoxy groups -OCH3 is 2. The molecule has 3 heterocycles. The fourth-order valence-electron chi connectivity index (χ4n) is 4.25. The van der Waals surface area contributed by atoms with Crippen molar-refractivity contribution in [3.8, 4) is 17.0 Å². The Bertz CT molecular complexity index is 1310. The number of halogens is 1. The third-order valence-corrected chi connectivity index (χ3v) is 6.30. The number of anilines is 1. The van der Waals surface area contributed by atoms with E-state index in [1.54, 1.807) is 26.7 Å². The van der Waals surface area contributed by atoms with Gasteiger partial charge in [0.25, 0.3) is 0 Å². The van der Waals surface area contributed by atoms with E-state index in [0.717, 1.165) is 59.7 Å². The molecule has 1 saturated heterocycles. The molecule has 0 spiro atoms. The second kappa shape index (κ2) is 9.89. The number of fused-ring (bicyclic) bond motifs is 1. The smallest absolute Gasteiger partial charge is 0.161 e. The van der Waals surface area contributed by atoms with Crippen LogP contribution < -0.4 is 9.64 Å². The van der Waals surface area contributed by atoms with Gasteiger partial charge < -0.3 is 19.1 Å². The molecule has 4 aromatic rings. The third kappa shape index (κ3) is 4.27. The van der Waals surface area contributed by atoms with E-state index in [1.807, 2.05) is 18.2 Å². The Balaban J connectivity index is 1.57. The summed E-state index contributed by atoms with van der Waals surface area (Å²) in [5.41, 5.74) is 5.10. The van der Waals surface area contributed by atoms with Crippen LogP contribution in [0.15, 0.2) is 55.2 Å². The molecule has 1 unspecified atom stereocenters. The van der Waals surface area contributed by atoms with Gasteiger partial charge in [-0.3, -0.25) is 0 Å². The van der Waals surface area contributed by atoms with Crippen LogP contribution in [0.3, 0.4) is 0 Å². The lowest BCUT2D eigenvalue weighted by atomic mass is 9.99. The molecule has 1 aliphatic rings. The maximum absolute atomic E-state index is 6.61. The van der Waals surface area contributed by atoms with Gasteiger partial charge >= 0.3 is 0 Å². The van der Waals surface area contributed by atoms with Crippen molar-refractivity contribution in [2.75, 3.05) is 45.4 Å². The van der Waals surface area contributed by atoms with Gasteiger partial charge in [0.05, 0.1) is 37.7 Å². The van der Waals surface area contributed by atoms with Crippen LogP contribution in [-0.4, -0.2) is 60.5 Å². The molecule has 1 fully saturated rings. The van der Waals surface area contributed by atoms with Crippen LogP contribution >= 0.6 is 11.6 Å². The zero-order valence-corrected chi connectivity index (χ0v) is 19.7. The predicted molar refractivity (Wildman–Crippen MR) is 130 cm³/mol. The molecule has 0 aliphatic carbocycles. The van der Waals surface area contributed by atoms with Crippen molar-refractivity contribution >= 4 is 28.2 Å². The van der Waals surface area contributed by atoms with E-state index in [1.165, 1.54) is 6.33 Å². The summed E-state index contributed by atoms with van der Waals surface area (Å²) in [5, 5.41) is 1.52. The second-order valence-electron chi connectivity index (χ2n) is 7.85. The van der Waals surface area contributed by atoms with E-state index in [0.29, 0.717) is 16.5 Å². The molecule has 0 amide bonds. The Hall–Kier alpha value is -3.33. The first-order valence-corrected chi connectivity index (χ1v) is 11.3. The molecular weight excluding hydrogens is 454 g/mol. The maximum atomic E-state index is 6.61. The van der Waals surface area contributed by atoms with Gasteiger partial charge in [-0.25, -0.2) is 19.9 Å². The summed E-state index contributed by atoms with van der Waals surface area (Å²) < 4.78 is 16.7. The maximum Gasteiger partial charge on any atom is 0.161 e. The van der Waals surface area contributed by atoms with Gasteiger partial charge in [-0.05, 0) is 30.3 Å². The minimum atomic E-state index is -0.536. The fourth-order valence-corrected chi connectivity index (χ4v) is 4.47. The second-order valence-corrected chi connectivity index (χ2v) is 8.26. The van der Waals surface area contributed by atoms with Crippen LogP contribution in [0, 0.1) is 0 Å². The fraction of sp³-hybridized carbons (Fsp3) is 0.280. The van der Waals surface area contributed by atoms with Crippen molar-refractivity contribution in [1.82, 2.24) is 19.9 Å². The van der Waals surface area contributed by atoms with Gasteiger partial charge in [0, 0.05) is 47.4 Å². The number of rotatable bonds is 6. The molecule has 0 bridgehead atoms. The molecule has 2 aromatic heterocycles. The van der Waals surface area contributed by atoms with E-state index in [9.17, 15) is 0 Å². The summed E-state index contributed by atoms with van der Waals surface area (Å²) in [4.78, 5) is 19.9. The molecule has 2 aromatic carbocycles. The highest BCUT2D eigenvalue weighted by Crippen LogP contribution is 2.37. The Morgan fingerprint density at radius 1 is 1.00 bits per heavy atom. The van der Waals surface area contributed by atoms with Gasteiger partial charge in [0.2, 0.25) is 0 Å². The van der Waals surface area contributed by atoms with E-state index >= 15 is 0 Å². The molecule has 0 saturated carbocycles. The minimum Gasteiger partial charge on any atom is -0.493 e. The summed E-state index contributed by atoms with van der Waals surface area (Å²) in [6.07, 6.45) is 4.13. The largest absolute Gasteiger partial charge is 0.493 e. The number of hydrogen-bond donors (Lipinski definition) is 0. The number of aromatic nitrogens is 4. The highest BCUT2D eigenvalue weighted by molar-refractivity contribution is 6.31. The lowest BCUT2D eigenvalue weighted by Crippen LogP contribution is -2.36. The quantitative estimate of drug-likeness (QED) is 0.406. The zero-order valence-electron chi connectivity index (χ0n) is 18.9. The van der Waals surface area contributed by atoms with Crippen LogP contribution in [0.2, 0.25) is 5.02 Å². The van der Waals surface area contributed by atoms with E-state index in [4.69, 9.17) is 25.8 Å².